The first-order valence-corrected chi connectivity index (χ1v) is 12.5. The van der Waals surface area contributed by atoms with Gasteiger partial charge >= 0.3 is 0 Å². The van der Waals surface area contributed by atoms with Gasteiger partial charge in [-0.2, -0.15) is 0 Å². The fourth-order valence-electron chi connectivity index (χ4n) is 4.27. The van der Waals surface area contributed by atoms with E-state index >= 15 is 0 Å². The van der Waals surface area contributed by atoms with E-state index in [1.165, 1.54) is 0 Å². The Balaban J connectivity index is 1.59. The second-order valence-electron chi connectivity index (χ2n) is 8.56. The molecule has 8 nitrogen and oxygen atoms in total. The molecule has 0 bridgehead atoms. The van der Waals surface area contributed by atoms with Crippen LogP contribution in [0.4, 0.5) is 5.69 Å². The molecule has 0 amide bonds. The maximum atomic E-state index is 13.0. The van der Waals surface area contributed by atoms with Crippen LogP contribution in [0.3, 0.4) is 0 Å². The summed E-state index contributed by atoms with van der Waals surface area (Å²) in [5.41, 5.74) is 0.957. The van der Waals surface area contributed by atoms with Crippen molar-refractivity contribution < 1.29 is 33.6 Å². The Morgan fingerprint density at radius 2 is 1.53 bits per heavy atom. The largest absolute Gasteiger partial charge is 0.394 e. The number of nitrogens with zero attached hydrogens (tertiary/aromatic N) is 1. The Morgan fingerprint density at radius 3 is 2.22 bits per heavy atom. The number of hydrogen-bond acceptors (Lipinski definition) is 8. The Bertz CT molecular complexity index is 1010. The zero-order chi connectivity index (χ0) is 23.5. The van der Waals surface area contributed by atoms with Crippen molar-refractivity contribution in [2.24, 2.45) is 0 Å². The van der Waals surface area contributed by atoms with Crippen LogP contribution < -0.4 is 4.90 Å². The van der Waals surface area contributed by atoms with E-state index in [0.29, 0.717) is 36.0 Å². The molecule has 32 heavy (non-hydrogen) atoms. The third-order valence-electron chi connectivity index (χ3n) is 6.07. The number of unbranched alkanes of at least 4 members (excludes halogenated alkanes) is 2. The second-order valence-corrected chi connectivity index (χ2v) is 10.6. The van der Waals surface area contributed by atoms with Crippen molar-refractivity contribution >= 4 is 26.3 Å². The highest BCUT2D eigenvalue weighted by Gasteiger charge is 2.42. The van der Waals surface area contributed by atoms with E-state index < -0.39 is 47.0 Å². The molecule has 3 rings (SSSR count). The van der Waals surface area contributed by atoms with Crippen molar-refractivity contribution in [3.63, 3.8) is 0 Å². The number of anilines is 1. The van der Waals surface area contributed by atoms with Crippen LogP contribution in [0.2, 0.25) is 0 Å². The van der Waals surface area contributed by atoms with Gasteiger partial charge in [0.05, 0.1) is 23.4 Å². The fraction of sp³-hybridized carbons (Fsp3) is 0.565. The molecule has 1 saturated heterocycles. The molecule has 178 valence electrons. The first kappa shape index (κ1) is 24.9. The van der Waals surface area contributed by atoms with Gasteiger partial charge in [-0.3, -0.25) is 0 Å². The maximum absolute atomic E-state index is 13.0. The monoisotopic (exact) mass is 467 g/mol. The molecular formula is C23H33NO7S. The number of hydrogen-bond donors (Lipinski definition) is 4. The SMILES string of the molecule is CN(C)c1cccc2c(S(=O)(=O)CCCCC[C@H]3O[C@H](CO)[C@@H](O)[C@H](O)[C@H]3O)cccc12. The zero-order valence-electron chi connectivity index (χ0n) is 18.5. The van der Waals surface area contributed by atoms with Gasteiger partial charge in [0.2, 0.25) is 0 Å². The molecule has 0 spiro atoms. The minimum absolute atomic E-state index is 0.00693. The molecule has 5 atom stereocenters. The molecule has 2 aromatic rings. The minimum atomic E-state index is -3.48. The molecular weight excluding hydrogens is 434 g/mol. The summed E-state index contributed by atoms with van der Waals surface area (Å²) in [6.07, 6.45) is -3.62. The van der Waals surface area contributed by atoms with Gasteiger partial charge in [0.25, 0.3) is 0 Å². The zero-order valence-corrected chi connectivity index (χ0v) is 19.3. The summed E-state index contributed by atoms with van der Waals surface area (Å²) in [5, 5.41) is 40.7. The lowest BCUT2D eigenvalue weighted by molar-refractivity contribution is -0.230. The van der Waals surface area contributed by atoms with Gasteiger partial charge in [-0.1, -0.05) is 37.1 Å². The Morgan fingerprint density at radius 1 is 0.875 bits per heavy atom. The predicted molar refractivity (Wildman–Crippen MR) is 123 cm³/mol. The van der Waals surface area contributed by atoms with Crippen LogP contribution in [0.1, 0.15) is 25.7 Å². The maximum Gasteiger partial charge on any atom is 0.178 e. The molecule has 0 saturated carbocycles. The molecule has 1 fully saturated rings. The first-order chi connectivity index (χ1) is 15.2. The van der Waals surface area contributed by atoms with Crippen molar-refractivity contribution in [2.75, 3.05) is 31.4 Å². The van der Waals surface area contributed by atoms with Crippen LogP contribution in [0.15, 0.2) is 41.3 Å². The van der Waals surface area contributed by atoms with Gasteiger partial charge in [0, 0.05) is 30.6 Å². The smallest absolute Gasteiger partial charge is 0.178 e. The highest BCUT2D eigenvalue weighted by molar-refractivity contribution is 7.91. The lowest BCUT2D eigenvalue weighted by Crippen LogP contribution is -2.58. The molecule has 4 N–H and O–H groups in total. The van der Waals surface area contributed by atoms with Crippen LogP contribution >= 0.6 is 0 Å². The predicted octanol–water partition coefficient (Wildman–Crippen LogP) is 1.08. The molecule has 1 heterocycles. The fourth-order valence-corrected chi connectivity index (χ4v) is 5.87. The van der Waals surface area contributed by atoms with Crippen LogP contribution in [0, 0.1) is 0 Å². The van der Waals surface area contributed by atoms with E-state index in [-0.39, 0.29) is 5.75 Å². The summed E-state index contributed by atoms with van der Waals surface area (Å²) in [7, 11) is 0.365. The van der Waals surface area contributed by atoms with E-state index in [1.807, 2.05) is 43.3 Å². The highest BCUT2D eigenvalue weighted by Crippen LogP contribution is 2.31. The standard InChI is InChI=1S/C23H33NO7S/c1-24(2)17-10-6-9-16-15(17)8-7-12-20(16)32(29,30)13-5-3-4-11-18-21(26)23(28)22(27)19(14-25)31-18/h6-10,12,18-19,21-23,25-28H,3-5,11,13-14H2,1-2H3/t18-,19-,21+,22-,23-/m1/s1. The molecule has 0 aliphatic carbocycles. The summed E-state index contributed by atoms with van der Waals surface area (Å²) >= 11 is 0. The summed E-state index contributed by atoms with van der Waals surface area (Å²) in [6.45, 7) is -0.458. The average Bonchev–Trinajstić information content (AvgIpc) is 2.77. The van der Waals surface area contributed by atoms with Crippen LogP contribution in [-0.4, -0.2) is 85.8 Å². The van der Waals surface area contributed by atoms with Crippen molar-refractivity contribution in [1.82, 2.24) is 0 Å². The van der Waals surface area contributed by atoms with E-state index in [1.54, 1.807) is 12.1 Å². The Labute approximate surface area is 189 Å². The van der Waals surface area contributed by atoms with Crippen LogP contribution in [-0.2, 0) is 14.6 Å². The summed E-state index contributed by atoms with van der Waals surface area (Å²) in [5.74, 6) is 0.00693. The van der Waals surface area contributed by atoms with Crippen molar-refractivity contribution in [3.8, 4) is 0 Å². The minimum Gasteiger partial charge on any atom is -0.394 e. The van der Waals surface area contributed by atoms with Gasteiger partial charge in [0.1, 0.15) is 24.4 Å². The third-order valence-corrected chi connectivity index (χ3v) is 7.92. The van der Waals surface area contributed by atoms with E-state index in [9.17, 15) is 28.8 Å². The van der Waals surface area contributed by atoms with Gasteiger partial charge in [-0.15, -0.1) is 0 Å². The van der Waals surface area contributed by atoms with Crippen LogP contribution in [0.5, 0.6) is 0 Å². The van der Waals surface area contributed by atoms with Gasteiger partial charge < -0.3 is 30.1 Å². The van der Waals surface area contributed by atoms with E-state index in [2.05, 4.69) is 0 Å². The number of aliphatic hydroxyl groups is 4. The number of sulfone groups is 1. The third kappa shape index (κ3) is 5.24. The molecule has 0 radical (unpaired) electrons. The number of rotatable bonds is 9. The molecule has 9 heteroatoms. The molecule has 0 aromatic heterocycles. The number of ether oxygens (including phenoxy) is 1. The van der Waals surface area contributed by atoms with E-state index in [0.717, 1.165) is 11.1 Å². The number of aliphatic hydroxyl groups excluding tert-OH is 4. The van der Waals surface area contributed by atoms with Crippen LogP contribution in [0.25, 0.3) is 10.8 Å². The number of benzene rings is 2. The summed E-state index contributed by atoms with van der Waals surface area (Å²) < 4.78 is 31.6. The molecule has 1 aliphatic rings. The number of fused-ring (bicyclic) bond motifs is 1. The first-order valence-electron chi connectivity index (χ1n) is 10.9. The molecule has 1 aliphatic heterocycles. The second kappa shape index (κ2) is 10.5. The molecule has 2 aromatic carbocycles. The highest BCUT2D eigenvalue weighted by atomic mass is 32.2. The van der Waals surface area contributed by atoms with Crippen molar-refractivity contribution in [1.29, 1.82) is 0 Å². The Hall–Kier alpha value is -1.75. The molecule has 0 unspecified atom stereocenters. The van der Waals surface area contributed by atoms with Crippen molar-refractivity contribution in [2.45, 2.75) is 61.1 Å². The topological polar surface area (TPSA) is 128 Å². The van der Waals surface area contributed by atoms with Crippen molar-refractivity contribution in [3.05, 3.63) is 36.4 Å². The lowest BCUT2D eigenvalue weighted by Gasteiger charge is -2.40. The van der Waals surface area contributed by atoms with Gasteiger partial charge in [-0.05, 0) is 25.0 Å². The van der Waals surface area contributed by atoms with Gasteiger partial charge in [-0.25, -0.2) is 8.42 Å². The lowest BCUT2D eigenvalue weighted by atomic mass is 9.92. The Kier molecular flexibility index (Phi) is 8.13. The average molecular weight is 468 g/mol. The normalized spacial score (nSPS) is 26.4. The summed E-state index contributed by atoms with van der Waals surface area (Å²) in [4.78, 5) is 2.28. The van der Waals surface area contributed by atoms with Gasteiger partial charge in [0.15, 0.2) is 9.84 Å². The quantitative estimate of drug-likeness (QED) is 0.404. The van der Waals surface area contributed by atoms with E-state index in [4.69, 9.17) is 4.74 Å². The summed E-state index contributed by atoms with van der Waals surface area (Å²) in [6, 6.07) is 11.0.